The van der Waals surface area contributed by atoms with E-state index in [0.717, 1.165) is 47.2 Å². The van der Waals surface area contributed by atoms with Crippen LogP contribution in [0.4, 0.5) is 5.82 Å². The minimum absolute atomic E-state index is 0.0128. The van der Waals surface area contributed by atoms with Crippen molar-refractivity contribution in [2.75, 3.05) is 11.4 Å². The Labute approximate surface area is 153 Å². The summed E-state index contributed by atoms with van der Waals surface area (Å²) in [6.45, 7) is 4.32. The quantitative estimate of drug-likeness (QED) is 0.753. The van der Waals surface area contributed by atoms with Gasteiger partial charge in [-0.05, 0) is 30.0 Å². The van der Waals surface area contributed by atoms with Gasteiger partial charge < -0.3 is 10.2 Å². The average Bonchev–Trinajstić information content (AvgIpc) is 3.33. The Kier molecular flexibility index (Phi) is 3.39. The van der Waals surface area contributed by atoms with Crippen LogP contribution in [0.25, 0.3) is 9.88 Å². The van der Waals surface area contributed by atoms with Crippen LogP contribution in [0.2, 0.25) is 0 Å². The number of carbonyl (C=O) groups excluding carboxylic acids is 1. The van der Waals surface area contributed by atoms with E-state index in [1.54, 1.807) is 22.7 Å². The highest BCUT2D eigenvalue weighted by atomic mass is 32.1. The first-order valence-electron chi connectivity index (χ1n) is 8.25. The van der Waals surface area contributed by atoms with Crippen molar-refractivity contribution in [3.8, 4) is 9.88 Å². The van der Waals surface area contributed by atoms with Gasteiger partial charge in [-0.1, -0.05) is 6.07 Å². The van der Waals surface area contributed by atoms with E-state index in [2.05, 4.69) is 27.7 Å². The summed E-state index contributed by atoms with van der Waals surface area (Å²) in [6.07, 6.45) is 0.937. The molecule has 0 aliphatic carbocycles. The Balaban J connectivity index is 1.47. The van der Waals surface area contributed by atoms with Crippen LogP contribution in [0, 0.1) is 6.92 Å². The smallest absolute Gasteiger partial charge is 0.253 e. The van der Waals surface area contributed by atoms with E-state index in [1.165, 1.54) is 15.4 Å². The molecule has 1 N–H and O–H groups in total. The van der Waals surface area contributed by atoms with Crippen molar-refractivity contribution in [2.45, 2.75) is 26.4 Å². The maximum atomic E-state index is 11.8. The number of aromatic nitrogens is 2. The maximum absolute atomic E-state index is 11.8. The molecule has 5 heterocycles. The number of carbonyl (C=O) groups is 1. The van der Waals surface area contributed by atoms with Crippen LogP contribution in [0.1, 0.15) is 32.2 Å². The van der Waals surface area contributed by atoms with Gasteiger partial charge in [0.05, 0.1) is 34.9 Å². The Bertz CT molecular complexity index is 977. The second-order valence-electron chi connectivity index (χ2n) is 6.34. The number of fused-ring (bicyclic) bond motifs is 2. The third-order valence-corrected chi connectivity index (χ3v) is 6.81. The standard InChI is InChI=1S/C18H16N4OS2/c1-10-7-11-13(8-19-17(11)23)20-16(10)22-5-4-12-15(9-22)25-18(21-12)14-3-2-6-24-14/h2-3,6-7H,4-5,8-9H2,1H3,(H,19,23). The first kappa shape index (κ1) is 15.0. The van der Waals surface area contributed by atoms with Crippen molar-refractivity contribution < 1.29 is 4.79 Å². The predicted octanol–water partition coefficient (Wildman–Crippen LogP) is 3.38. The number of hydrogen-bond acceptors (Lipinski definition) is 6. The van der Waals surface area contributed by atoms with Crippen molar-refractivity contribution in [2.24, 2.45) is 0 Å². The molecule has 1 amide bonds. The zero-order chi connectivity index (χ0) is 17.0. The van der Waals surface area contributed by atoms with Crippen molar-refractivity contribution in [1.29, 1.82) is 0 Å². The minimum Gasteiger partial charge on any atom is -0.351 e. The van der Waals surface area contributed by atoms with E-state index in [1.807, 2.05) is 13.0 Å². The van der Waals surface area contributed by atoms with Crippen LogP contribution in [-0.4, -0.2) is 22.4 Å². The molecule has 2 aliphatic heterocycles. The third kappa shape index (κ3) is 2.46. The largest absolute Gasteiger partial charge is 0.351 e. The molecular weight excluding hydrogens is 352 g/mol. The van der Waals surface area contributed by atoms with Crippen molar-refractivity contribution in [3.63, 3.8) is 0 Å². The van der Waals surface area contributed by atoms with Gasteiger partial charge in [-0.25, -0.2) is 9.97 Å². The second kappa shape index (κ2) is 5.64. The highest BCUT2D eigenvalue weighted by Crippen LogP contribution is 2.35. The predicted molar refractivity (Wildman–Crippen MR) is 100 cm³/mol. The number of pyridine rings is 1. The molecule has 0 bridgehead atoms. The lowest BCUT2D eigenvalue weighted by molar-refractivity contribution is 0.0965. The zero-order valence-electron chi connectivity index (χ0n) is 13.7. The lowest BCUT2D eigenvalue weighted by Crippen LogP contribution is -2.31. The Hall–Kier alpha value is -2.25. The number of anilines is 1. The van der Waals surface area contributed by atoms with Gasteiger partial charge in [-0.15, -0.1) is 22.7 Å². The first-order valence-corrected chi connectivity index (χ1v) is 9.95. The fourth-order valence-corrected chi connectivity index (χ4v) is 5.35. The van der Waals surface area contributed by atoms with E-state index in [9.17, 15) is 4.79 Å². The molecule has 7 heteroatoms. The molecule has 5 rings (SSSR count). The van der Waals surface area contributed by atoms with E-state index in [-0.39, 0.29) is 5.91 Å². The number of hydrogen-bond donors (Lipinski definition) is 1. The van der Waals surface area contributed by atoms with Crippen LogP contribution in [0.5, 0.6) is 0 Å². The number of aryl methyl sites for hydroxylation is 1. The van der Waals surface area contributed by atoms with Crippen LogP contribution >= 0.6 is 22.7 Å². The van der Waals surface area contributed by atoms with Crippen molar-refractivity contribution >= 4 is 34.4 Å². The van der Waals surface area contributed by atoms with Crippen LogP contribution in [-0.2, 0) is 19.5 Å². The van der Waals surface area contributed by atoms with Gasteiger partial charge in [0.25, 0.3) is 5.91 Å². The summed E-state index contributed by atoms with van der Waals surface area (Å²) in [6, 6.07) is 6.17. The van der Waals surface area contributed by atoms with Gasteiger partial charge >= 0.3 is 0 Å². The Morgan fingerprint density at radius 2 is 2.20 bits per heavy atom. The van der Waals surface area contributed by atoms with E-state index in [0.29, 0.717) is 6.54 Å². The van der Waals surface area contributed by atoms with Crippen LogP contribution < -0.4 is 10.2 Å². The van der Waals surface area contributed by atoms with Gasteiger partial charge in [0.15, 0.2) is 0 Å². The SMILES string of the molecule is Cc1cc2c(nc1N1CCc3nc(-c4cccs4)sc3C1)CNC2=O. The highest BCUT2D eigenvalue weighted by molar-refractivity contribution is 7.21. The highest BCUT2D eigenvalue weighted by Gasteiger charge is 2.27. The number of nitrogens with one attached hydrogen (secondary N) is 1. The molecule has 0 spiro atoms. The molecule has 3 aromatic rings. The summed E-state index contributed by atoms with van der Waals surface area (Å²) in [4.78, 5) is 26.3. The van der Waals surface area contributed by atoms with Gasteiger partial charge in [0.1, 0.15) is 10.8 Å². The molecule has 3 aromatic heterocycles. The third-order valence-electron chi connectivity index (χ3n) is 4.69. The number of thiazole rings is 1. The summed E-state index contributed by atoms with van der Waals surface area (Å²) >= 11 is 3.52. The van der Waals surface area contributed by atoms with Gasteiger partial charge in [-0.2, -0.15) is 0 Å². The van der Waals surface area contributed by atoms with E-state index in [4.69, 9.17) is 9.97 Å². The molecule has 0 saturated carbocycles. The second-order valence-corrected chi connectivity index (χ2v) is 8.37. The molecule has 0 atom stereocenters. The minimum atomic E-state index is -0.0128. The topological polar surface area (TPSA) is 58.1 Å². The first-order chi connectivity index (χ1) is 12.2. The van der Waals surface area contributed by atoms with Gasteiger partial charge in [-0.3, -0.25) is 4.79 Å². The molecule has 0 saturated heterocycles. The molecular formula is C18H16N4OS2. The molecule has 0 radical (unpaired) electrons. The number of amides is 1. The van der Waals surface area contributed by atoms with E-state index < -0.39 is 0 Å². The molecule has 0 unspecified atom stereocenters. The lowest BCUT2D eigenvalue weighted by Gasteiger charge is -2.28. The van der Waals surface area contributed by atoms with Crippen molar-refractivity contribution in [3.05, 3.63) is 51.0 Å². The van der Waals surface area contributed by atoms with Crippen LogP contribution in [0.15, 0.2) is 23.6 Å². The van der Waals surface area contributed by atoms with Gasteiger partial charge in [0.2, 0.25) is 0 Å². The summed E-state index contributed by atoms with van der Waals surface area (Å²) in [5.41, 5.74) is 3.86. The number of nitrogens with zero attached hydrogens (tertiary/aromatic N) is 3. The molecule has 0 fully saturated rings. The molecule has 5 nitrogen and oxygen atoms in total. The van der Waals surface area contributed by atoms with E-state index >= 15 is 0 Å². The van der Waals surface area contributed by atoms with Crippen molar-refractivity contribution in [1.82, 2.24) is 15.3 Å². The fraction of sp³-hybridized carbons (Fsp3) is 0.278. The Morgan fingerprint density at radius 3 is 3.04 bits per heavy atom. The Morgan fingerprint density at radius 1 is 1.28 bits per heavy atom. The number of rotatable bonds is 2. The summed E-state index contributed by atoms with van der Waals surface area (Å²) in [5.74, 6) is 0.980. The summed E-state index contributed by atoms with van der Waals surface area (Å²) in [7, 11) is 0. The lowest BCUT2D eigenvalue weighted by atomic mass is 10.1. The molecule has 0 aromatic carbocycles. The zero-order valence-corrected chi connectivity index (χ0v) is 15.3. The van der Waals surface area contributed by atoms with Gasteiger partial charge in [0, 0.05) is 17.8 Å². The fourth-order valence-electron chi connectivity index (χ4n) is 3.43. The number of thiophene rings is 1. The van der Waals surface area contributed by atoms with Crippen LogP contribution in [0.3, 0.4) is 0 Å². The summed E-state index contributed by atoms with van der Waals surface area (Å²) < 4.78 is 0. The molecule has 2 aliphatic rings. The maximum Gasteiger partial charge on any atom is 0.253 e. The summed E-state index contributed by atoms with van der Waals surface area (Å²) in [5, 5.41) is 6.06. The average molecular weight is 368 g/mol. The molecule has 126 valence electrons. The monoisotopic (exact) mass is 368 g/mol. The normalized spacial score (nSPS) is 15.9. The molecule has 25 heavy (non-hydrogen) atoms.